The van der Waals surface area contributed by atoms with Crippen molar-refractivity contribution in [2.75, 3.05) is 13.1 Å². The largest absolute Gasteiger partial charge is 0.316 e. The van der Waals surface area contributed by atoms with Gasteiger partial charge in [0.15, 0.2) is 0 Å². The van der Waals surface area contributed by atoms with E-state index in [0.717, 1.165) is 30.9 Å². The zero-order chi connectivity index (χ0) is 12.4. The van der Waals surface area contributed by atoms with Crippen LogP contribution < -0.4 is 5.32 Å². The van der Waals surface area contributed by atoms with E-state index in [0.29, 0.717) is 23.8 Å². The number of carbonyl (C=O) groups excluding carboxylic acids is 1. The molecule has 0 amide bonds. The molecule has 1 N–H and O–H groups in total. The molecule has 17 heavy (non-hydrogen) atoms. The van der Waals surface area contributed by atoms with Gasteiger partial charge in [-0.15, -0.1) is 0 Å². The molecule has 0 aliphatic carbocycles. The summed E-state index contributed by atoms with van der Waals surface area (Å²) in [7, 11) is 1.85. The molecule has 0 spiro atoms. The second kappa shape index (κ2) is 5.19. The van der Waals surface area contributed by atoms with Crippen LogP contribution in [-0.4, -0.2) is 28.7 Å². The lowest BCUT2D eigenvalue weighted by molar-refractivity contribution is -0.119. The van der Waals surface area contributed by atoms with Crippen molar-refractivity contribution < 1.29 is 4.79 Å². The number of aromatic nitrogens is 2. The van der Waals surface area contributed by atoms with Crippen molar-refractivity contribution >= 4 is 17.4 Å². The number of carbonyl (C=O) groups is 1. The van der Waals surface area contributed by atoms with E-state index in [2.05, 4.69) is 10.4 Å². The topological polar surface area (TPSA) is 46.9 Å². The molecule has 1 aliphatic heterocycles. The van der Waals surface area contributed by atoms with E-state index in [-0.39, 0.29) is 5.78 Å². The maximum Gasteiger partial charge on any atom is 0.139 e. The molecule has 94 valence electrons. The minimum atomic E-state index is 0.254. The summed E-state index contributed by atoms with van der Waals surface area (Å²) in [6, 6.07) is 0. The highest BCUT2D eigenvalue weighted by atomic mass is 35.5. The van der Waals surface area contributed by atoms with Gasteiger partial charge in [0, 0.05) is 19.9 Å². The Kier molecular flexibility index (Phi) is 3.84. The molecule has 4 nitrogen and oxygen atoms in total. The molecular formula is C12H18ClN3O. The Morgan fingerprint density at radius 3 is 2.76 bits per heavy atom. The predicted octanol–water partition coefficient (Wildman–Crippen LogP) is 1.36. The number of aryl methyl sites for hydroxylation is 2. The molecule has 0 bridgehead atoms. The minimum Gasteiger partial charge on any atom is -0.316 e. The van der Waals surface area contributed by atoms with Crippen LogP contribution in [-0.2, 0) is 24.7 Å². The van der Waals surface area contributed by atoms with Crippen molar-refractivity contribution in [3.63, 3.8) is 0 Å². The highest BCUT2D eigenvalue weighted by Gasteiger charge is 2.22. The SMILES string of the molecule is CCc1nn(C)c(CC(=O)CC2CNC2)c1Cl. The Balaban J connectivity index is 2.01. The maximum absolute atomic E-state index is 11.9. The second-order valence-corrected chi connectivity index (χ2v) is 5.01. The summed E-state index contributed by atoms with van der Waals surface area (Å²) in [5, 5.41) is 8.15. The number of nitrogens with zero attached hydrogens (tertiary/aromatic N) is 2. The van der Waals surface area contributed by atoms with Gasteiger partial charge in [-0.1, -0.05) is 18.5 Å². The van der Waals surface area contributed by atoms with Crippen LogP contribution in [0.3, 0.4) is 0 Å². The van der Waals surface area contributed by atoms with Crippen molar-refractivity contribution in [3.05, 3.63) is 16.4 Å². The first kappa shape index (κ1) is 12.6. The first-order valence-corrected chi connectivity index (χ1v) is 6.42. The summed E-state index contributed by atoms with van der Waals surface area (Å²) in [6.45, 7) is 3.94. The molecule has 0 radical (unpaired) electrons. The highest BCUT2D eigenvalue weighted by Crippen LogP contribution is 2.22. The Hall–Kier alpha value is -0.870. The van der Waals surface area contributed by atoms with Gasteiger partial charge in [-0.2, -0.15) is 5.10 Å². The van der Waals surface area contributed by atoms with E-state index in [4.69, 9.17) is 11.6 Å². The first-order valence-electron chi connectivity index (χ1n) is 6.04. The summed E-state index contributed by atoms with van der Waals surface area (Å²) < 4.78 is 1.73. The van der Waals surface area contributed by atoms with Crippen molar-refractivity contribution in [1.82, 2.24) is 15.1 Å². The predicted molar refractivity (Wildman–Crippen MR) is 67.3 cm³/mol. The molecule has 1 saturated heterocycles. The summed E-state index contributed by atoms with van der Waals surface area (Å²) in [5.74, 6) is 0.768. The van der Waals surface area contributed by atoms with E-state index < -0.39 is 0 Å². The van der Waals surface area contributed by atoms with E-state index in [9.17, 15) is 4.79 Å². The van der Waals surface area contributed by atoms with Gasteiger partial charge in [-0.25, -0.2) is 0 Å². The van der Waals surface area contributed by atoms with Crippen LogP contribution in [0, 0.1) is 5.92 Å². The van der Waals surface area contributed by atoms with Crippen LogP contribution in [0.5, 0.6) is 0 Å². The van der Waals surface area contributed by atoms with Crippen molar-refractivity contribution in [2.45, 2.75) is 26.2 Å². The lowest BCUT2D eigenvalue weighted by Crippen LogP contribution is -2.43. The summed E-state index contributed by atoms with van der Waals surface area (Å²) >= 11 is 6.21. The summed E-state index contributed by atoms with van der Waals surface area (Å²) in [4.78, 5) is 11.9. The van der Waals surface area contributed by atoms with Gasteiger partial charge in [0.2, 0.25) is 0 Å². The molecule has 0 atom stereocenters. The Morgan fingerprint density at radius 1 is 1.59 bits per heavy atom. The second-order valence-electron chi connectivity index (χ2n) is 4.63. The van der Waals surface area contributed by atoms with Gasteiger partial charge >= 0.3 is 0 Å². The standard InChI is InChI=1S/C12H18ClN3O/c1-3-10-12(13)11(16(2)15-10)5-9(17)4-8-6-14-7-8/h8,14H,3-7H2,1-2H3. The van der Waals surface area contributed by atoms with Crippen LogP contribution in [0.4, 0.5) is 0 Å². The monoisotopic (exact) mass is 255 g/mol. The number of halogens is 1. The van der Waals surface area contributed by atoms with Gasteiger partial charge in [0.25, 0.3) is 0 Å². The van der Waals surface area contributed by atoms with Crippen LogP contribution in [0.25, 0.3) is 0 Å². The third kappa shape index (κ3) is 2.69. The third-order valence-corrected chi connectivity index (χ3v) is 3.69. The zero-order valence-corrected chi connectivity index (χ0v) is 11.0. The minimum absolute atomic E-state index is 0.254. The van der Waals surface area contributed by atoms with E-state index >= 15 is 0 Å². The average molecular weight is 256 g/mol. The van der Waals surface area contributed by atoms with Crippen LogP contribution >= 0.6 is 11.6 Å². The number of rotatable bonds is 5. The number of ketones is 1. The molecule has 5 heteroatoms. The third-order valence-electron chi connectivity index (χ3n) is 3.25. The van der Waals surface area contributed by atoms with Crippen molar-refractivity contribution in [2.24, 2.45) is 13.0 Å². The summed E-state index contributed by atoms with van der Waals surface area (Å²) in [6.07, 6.45) is 1.85. The van der Waals surface area contributed by atoms with E-state index in [1.54, 1.807) is 4.68 Å². The van der Waals surface area contributed by atoms with E-state index in [1.807, 2.05) is 14.0 Å². The number of hydrogen-bond donors (Lipinski definition) is 1. The van der Waals surface area contributed by atoms with Crippen LogP contribution in [0.2, 0.25) is 5.02 Å². The summed E-state index contributed by atoms with van der Waals surface area (Å²) in [5.41, 5.74) is 1.73. The lowest BCUT2D eigenvalue weighted by Gasteiger charge is -2.26. The van der Waals surface area contributed by atoms with E-state index in [1.165, 1.54) is 0 Å². The Morgan fingerprint density at radius 2 is 2.29 bits per heavy atom. The van der Waals surface area contributed by atoms with Crippen LogP contribution in [0.1, 0.15) is 24.7 Å². The molecular weight excluding hydrogens is 238 g/mol. The zero-order valence-electron chi connectivity index (χ0n) is 10.3. The number of Topliss-reactive ketones (excluding diaryl/α,β-unsaturated/α-hetero) is 1. The maximum atomic E-state index is 11.9. The number of nitrogens with one attached hydrogen (secondary N) is 1. The van der Waals surface area contributed by atoms with Gasteiger partial charge in [0.05, 0.1) is 16.4 Å². The van der Waals surface area contributed by atoms with Gasteiger partial charge in [-0.05, 0) is 25.4 Å². The fraction of sp³-hybridized carbons (Fsp3) is 0.667. The molecule has 2 heterocycles. The van der Waals surface area contributed by atoms with Gasteiger partial charge in [-0.3, -0.25) is 9.48 Å². The van der Waals surface area contributed by atoms with Crippen molar-refractivity contribution in [3.8, 4) is 0 Å². The molecule has 2 rings (SSSR count). The lowest BCUT2D eigenvalue weighted by atomic mass is 9.95. The molecule has 1 aromatic rings. The molecule has 1 aliphatic rings. The highest BCUT2D eigenvalue weighted by molar-refractivity contribution is 6.32. The smallest absolute Gasteiger partial charge is 0.139 e. The first-order chi connectivity index (χ1) is 8.11. The normalized spacial score (nSPS) is 15.9. The quantitative estimate of drug-likeness (QED) is 0.864. The molecule has 0 aromatic carbocycles. The Labute approximate surface area is 106 Å². The fourth-order valence-electron chi connectivity index (χ4n) is 2.09. The molecule has 0 unspecified atom stereocenters. The van der Waals surface area contributed by atoms with Gasteiger partial charge in [0.1, 0.15) is 5.78 Å². The van der Waals surface area contributed by atoms with Crippen molar-refractivity contribution in [1.29, 1.82) is 0 Å². The van der Waals surface area contributed by atoms with Gasteiger partial charge < -0.3 is 5.32 Å². The average Bonchev–Trinajstić information content (AvgIpc) is 2.51. The molecule has 1 aromatic heterocycles. The van der Waals surface area contributed by atoms with Crippen LogP contribution in [0.15, 0.2) is 0 Å². The molecule has 1 fully saturated rings. The Bertz CT molecular complexity index is 424. The molecule has 0 saturated carbocycles. The number of hydrogen-bond acceptors (Lipinski definition) is 3. The fourth-order valence-corrected chi connectivity index (χ4v) is 2.45.